The molecular weight excluding hydrogens is 416 g/mol. The van der Waals surface area contributed by atoms with E-state index in [0.29, 0.717) is 6.54 Å². The number of carbonyl (C=O) groups excluding carboxylic acids is 2. The third kappa shape index (κ3) is 6.48. The molecule has 0 aromatic heterocycles. The first-order valence-electron chi connectivity index (χ1n) is 9.47. The van der Waals surface area contributed by atoms with E-state index in [2.05, 4.69) is 21.2 Å². The molecule has 0 saturated carbocycles. The highest BCUT2D eigenvalue weighted by Crippen LogP contribution is 2.17. The van der Waals surface area contributed by atoms with E-state index in [1.807, 2.05) is 76.2 Å². The van der Waals surface area contributed by atoms with Crippen molar-refractivity contribution >= 4 is 27.7 Å². The zero-order valence-corrected chi connectivity index (χ0v) is 18.8. The lowest BCUT2D eigenvalue weighted by molar-refractivity contribution is -0.140. The molecular formula is C23H29BrN2O2. The summed E-state index contributed by atoms with van der Waals surface area (Å²) in [5.74, 6) is -0.212. The van der Waals surface area contributed by atoms with Crippen LogP contribution in [0.25, 0.3) is 0 Å². The highest BCUT2D eigenvalue weighted by Gasteiger charge is 2.28. The number of rotatable bonds is 6. The largest absolute Gasteiger partial charge is 0.350 e. The van der Waals surface area contributed by atoms with Gasteiger partial charge < -0.3 is 10.2 Å². The van der Waals surface area contributed by atoms with E-state index < -0.39 is 6.04 Å². The number of aryl methyl sites for hydroxylation is 1. The number of nitrogens with one attached hydrogen (secondary N) is 1. The summed E-state index contributed by atoms with van der Waals surface area (Å²) in [5.41, 5.74) is 2.69. The van der Waals surface area contributed by atoms with Crippen LogP contribution < -0.4 is 5.32 Å². The van der Waals surface area contributed by atoms with Crippen molar-refractivity contribution in [2.45, 2.75) is 59.2 Å². The Bertz CT molecular complexity index is 825. The molecule has 0 aliphatic heterocycles. The van der Waals surface area contributed by atoms with Crippen molar-refractivity contribution in [3.05, 3.63) is 69.7 Å². The van der Waals surface area contributed by atoms with E-state index in [0.717, 1.165) is 21.2 Å². The molecule has 0 saturated heterocycles. The average Bonchev–Trinajstić information content (AvgIpc) is 2.61. The van der Waals surface area contributed by atoms with E-state index >= 15 is 0 Å². The molecule has 0 aliphatic carbocycles. The van der Waals surface area contributed by atoms with Crippen molar-refractivity contribution in [2.24, 2.45) is 0 Å². The highest BCUT2D eigenvalue weighted by atomic mass is 79.9. The summed E-state index contributed by atoms with van der Waals surface area (Å²) >= 11 is 3.43. The molecule has 150 valence electrons. The van der Waals surface area contributed by atoms with Crippen LogP contribution in [0.15, 0.2) is 53.0 Å². The van der Waals surface area contributed by atoms with Gasteiger partial charge in [-0.25, -0.2) is 0 Å². The topological polar surface area (TPSA) is 49.4 Å². The number of hydrogen-bond acceptors (Lipinski definition) is 2. The fourth-order valence-corrected chi connectivity index (χ4v) is 3.18. The maximum atomic E-state index is 13.2. The molecule has 0 fully saturated rings. The lowest BCUT2D eigenvalue weighted by Gasteiger charge is -2.31. The van der Waals surface area contributed by atoms with E-state index in [1.54, 1.807) is 11.8 Å². The minimum atomic E-state index is -0.570. The number of hydrogen-bond donors (Lipinski definition) is 1. The van der Waals surface area contributed by atoms with Gasteiger partial charge in [-0.2, -0.15) is 0 Å². The zero-order valence-electron chi connectivity index (χ0n) is 17.3. The fourth-order valence-electron chi connectivity index (χ4n) is 2.92. The summed E-state index contributed by atoms with van der Waals surface area (Å²) in [5, 5.41) is 2.98. The monoisotopic (exact) mass is 444 g/mol. The van der Waals surface area contributed by atoms with Crippen LogP contribution in [-0.4, -0.2) is 28.3 Å². The molecule has 2 rings (SSSR count). The Labute approximate surface area is 176 Å². The van der Waals surface area contributed by atoms with Gasteiger partial charge in [-0.15, -0.1) is 0 Å². The minimum absolute atomic E-state index is 0.0613. The summed E-state index contributed by atoms with van der Waals surface area (Å²) in [6, 6.07) is 15.1. The Kier molecular flexibility index (Phi) is 7.41. The predicted molar refractivity (Wildman–Crippen MR) is 117 cm³/mol. The molecule has 5 heteroatoms. The van der Waals surface area contributed by atoms with Gasteiger partial charge in [0.2, 0.25) is 11.8 Å². The molecule has 0 spiro atoms. The molecule has 0 aliphatic rings. The van der Waals surface area contributed by atoms with Crippen molar-refractivity contribution in [2.75, 3.05) is 0 Å². The first kappa shape index (κ1) is 22.2. The molecule has 0 bridgehead atoms. The first-order chi connectivity index (χ1) is 13.1. The summed E-state index contributed by atoms with van der Waals surface area (Å²) < 4.78 is 0.979. The average molecular weight is 445 g/mol. The van der Waals surface area contributed by atoms with E-state index in [1.165, 1.54) is 0 Å². The van der Waals surface area contributed by atoms with Crippen molar-refractivity contribution in [1.82, 2.24) is 10.2 Å². The van der Waals surface area contributed by atoms with Crippen molar-refractivity contribution in [3.63, 3.8) is 0 Å². The van der Waals surface area contributed by atoms with E-state index in [-0.39, 0.29) is 23.8 Å². The molecule has 1 atom stereocenters. The van der Waals surface area contributed by atoms with Gasteiger partial charge in [0, 0.05) is 16.6 Å². The molecule has 2 aromatic carbocycles. The Hall–Kier alpha value is -2.14. The van der Waals surface area contributed by atoms with Crippen molar-refractivity contribution in [1.29, 1.82) is 0 Å². The maximum absolute atomic E-state index is 13.2. The van der Waals surface area contributed by atoms with Gasteiger partial charge in [-0.05, 0) is 63.4 Å². The van der Waals surface area contributed by atoms with Gasteiger partial charge >= 0.3 is 0 Å². The second-order valence-corrected chi connectivity index (χ2v) is 9.08. The summed E-state index contributed by atoms with van der Waals surface area (Å²) in [6.45, 7) is 9.98. The molecule has 1 N–H and O–H groups in total. The number of carbonyl (C=O) groups is 2. The van der Waals surface area contributed by atoms with Crippen LogP contribution in [0.5, 0.6) is 0 Å². The standard InChI is InChI=1S/C23H29BrN2O2/c1-16-8-6-7-9-19(16)14-21(27)26(15-18-10-12-20(24)13-11-18)17(2)22(28)25-23(3,4)5/h6-13,17H,14-15H2,1-5H3,(H,25,28)/t17-/m1/s1. The third-order valence-electron chi connectivity index (χ3n) is 4.53. The number of amides is 2. The lowest BCUT2D eigenvalue weighted by atomic mass is 10.0. The van der Waals surface area contributed by atoms with Crippen LogP contribution in [-0.2, 0) is 22.6 Å². The Morgan fingerprint density at radius 1 is 1.07 bits per heavy atom. The van der Waals surface area contributed by atoms with Crippen molar-refractivity contribution in [3.8, 4) is 0 Å². The van der Waals surface area contributed by atoms with Crippen LogP contribution in [0, 0.1) is 6.92 Å². The Morgan fingerprint density at radius 2 is 1.68 bits per heavy atom. The van der Waals surface area contributed by atoms with Crippen LogP contribution in [0.4, 0.5) is 0 Å². The first-order valence-corrected chi connectivity index (χ1v) is 10.3. The lowest BCUT2D eigenvalue weighted by Crippen LogP contribution is -2.52. The fraction of sp³-hybridized carbons (Fsp3) is 0.391. The molecule has 2 aromatic rings. The molecule has 28 heavy (non-hydrogen) atoms. The SMILES string of the molecule is Cc1ccccc1CC(=O)N(Cc1ccc(Br)cc1)[C@H](C)C(=O)NC(C)(C)C. The zero-order chi connectivity index (χ0) is 20.9. The van der Waals surface area contributed by atoms with Crippen molar-refractivity contribution < 1.29 is 9.59 Å². The summed E-state index contributed by atoms with van der Waals surface area (Å²) in [7, 11) is 0. The van der Waals surface area contributed by atoms with Gasteiger partial charge in [0.1, 0.15) is 6.04 Å². The molecule has 0 heterocycles. The Balaban J connectivity index is 2.26. The summed E-state index contributed by atoms with van der Waals surface area (Å²) in [4.78, 5) is 27.6. The molecule has 0 radical (unpaired) electrons. The molecule has 0 unspecified atom stereocenters. The minimum Gasteiger partial charge on any atom is -0.350 e. The van der Waals surface area contributed by atoms with Gasteiger partial charge in [0.05, 0.1) is 6.42 Å². The second kappa shape index (κ2) is 9.37. The molecule has 4 nitrogen and oxygen atoms in total. The van der Waals surface area contributed by atoms with Crippen LogP contribution in [0.1, 0.15) is 44.4 Å². The second-order valence-electron chi connectivity index (χ2n) is 8.17. The van der Waals surface area contributed by atoms with Gasteiger partial charge in [0.15, 0.2) is 0 Å². The van der Waals surface area contributed by atoms with Gasteiger partial charge in [-0.3, -0.25) is 9.59 Å². The quantitative estimate of drug-likeness (QED) is 0.705. The molecule has 2 amide bonds. The number of benzene rings is 2. The third-order valence-corrected chi connectivity index (χ3v) is 5.06. The smallest absolute Gasteiger partial charge is 0.242 e. The van der Waals surface area contributed by atoms with Crippen LogP contribution >= 0.6 is 15.9 Å². The maximum Gasteiger partial charge on any atom is 0.242 e. The van der Waals surface area contributed by atoms with Gasteiger partial charge in [-0.1, -0.05) is 52.3 Å². The Morgan fingerprint density at radius 3 is 2.25 bits per heavy atom. The summed E-state index contributed by atoms with van der Waals surface area (Å²) in [6.07, 6.45) is 0.274. The van der Waals surface area contributed by atoms with E-state index in [4.69, 9.17) is 0 Å². The highest BCUT2D eigenvalue weighted by molar-refractivity contribution is 9.10. The van der Waals surface area contributed by atoms with E-state index in [9.17, 15) is 9.59 Å². The number of halogens is 1. The van der Waals surface area contributed by atoms with Crippen LogP contribution in [0.3, 0.4) is 0 Å². The normalized spacial score (nSPS) is 12.4. The van der Waals surface area contributed by atoms with Gasteiger partial charge in [0.25, 0.3) is 0 Å². The predicted octanol–water partition coefficient (Wildman–Crippen LogP) is 4.63. The number of nitrogens with zero attached hydrogens (tertiary/aromatic N) is 1. The van der Waals surface area contributed by atoms with Crippen LogP contribution in [0.2, 0.25) is 0 Å².